The number of rotatable bonds is 4. The van der Waals surface area contributed by atoms with Gasteiger partial charge in [-0.15, -0.1) is 0 Å². The maximum absolute atomic E-state index is 12.9. The highest BCUT2D eigenvalue weighted by Crippen LogP contribution is 2.33. The summed E-state index contributed by atoms with van der Waals surface area (Å²) in [6.45, 7) is 1.12. The summed E-state index contributed by atoms with van der Waals surface area (Å²) in [5, 5.41) is 7.68. The first kappa shape index (κ1) is 18.9. The third kappa shape index (κ3) is 3.08. The van der Waals surface area contributed by atoms with Gasteiger partial charge in [0.1, 0.15) is 11.2 Å². The number of hydrogen-bond donors (Lipinski definition) is 0. The second-order valence-corrected chi connectivity index (χ2v) is 8.88. The van der Waals surface area contributed by atoms with E-state index in [-0.39, 0.29) is 16.5 Å². The van der Waals surface area contributed by atoms with Crippen molar-refractivity contribution in [2.75, 3.05) is 13.1 Å². The van der Waals surface area contributed by atoms with Crippen LogP contribution in [0, 0.1) is 13.8 Å². The SMILES string of the molecule is Cc1cc2ncnn2cc1C1CCN(S(=O)(=O)c2cnn(C(F)F)c2C)CC1. The molecule has 3 aromatic heterocycles. The Bertz CT molecular complexity index is 1120. The minimum absolute atomic E-state index is 0.0513. The fraction of sp³-hybridized carbons (Fsp3) is 0.471. The summed E-state index contributed by atoms with van der Waals surface area (Å²) in [5.74, 6) is 0.199. The normalized spacial score (nSPS) is 17.0. The number of pyridine rings is 1. The lowest BCUT2D eigenvalue weighted by atomic mass is 9.89. The molecule has 0 aliphatic carbocycles. The Kier molecular flexibility index (Phi) is 4.66. The van der Waals surface area contributed by atoms with Crippen LogP contribution in [0.4, 0.5) is 8.78 Å². The van der Waals surface area contributed by atoms with Gasteiger partial charge in [0.15, 0.2) is 5.65 Å². The summed E-state index contributed by atoms with van der Waals surface area (Å²) in [7, 11) is -3.86. The van der Waals surface area contributed by atoms with E-state index in [9.17, 15) is 17.2 Å². The third-order valence-electron chi connectivity index (χ3n) is 5.36. The van der Waals surface area contributed by atoms with E-state index in [2.05, 4.69) is 15.2 Å². The highest BCUT2D eigenvalue weighted by molar-refractivity contribution is 7.89. The zero-order chi connectivity index (χ0) is 20.1. The second-order valence-electron chi connectivity index (χ2n) is 6.97. The predicted octanol–water partition coefficient (Wildman–Crippen LogP) is 2.51. The summed E-state index contributed by atoms with van der Waals surface area (Å²) in [6.07, 6.45) is 5.73. The van der Waals surface area contributed by atoms with Crippen molar-refractivity contribution in [3.63, 3.8) is 0 Å². The summed E-state index contributed by atoms with van der Waals surface area (Å²) < 4.78 is 55.1. The van der Waals surface area contributed by atoms with Gasteiger partial charge in [-0.05, 0) is 49.8 Å². The van der Waals surface area contributed by atoms with E-state index in [1.807, 2.05) is 19.2 Å². The molecule has 150 valence electrons. The van der Waals surface area contributed by atoms with Gasteiger partial charge >= 0.3 is 6.55 Å². The molecule has 4 rings (SSSR count). The molecule has 1 aliphatic heterocycles. The van der Waals surface area contributed by atoms with Crippen LogP contribution in [-0.2, 0) is 10.0 Å². The van der Waals surface area contributed by atoms with E-state index in [0.29, 0.717) is 30.6 Å². The highest BCUT2D eigenvalue weighted by Gasteiger charge is 2.33. The minimum Gasteiger partial charge on any atom is -0.221 e. The van der Waals surface area contributed by atoms with E-state index >= 15 is 0 Å². The first-order valence-electron chi connectivity index (χ1n) is 8.91. The Morgan fingerprint density at radius 3 is 2.54 bits per heavy atom. The summed E-state index contributed by atoms with van der Waals surface area (Å²) in [4.78, 5) is 4.01. The van der Waals surface area contributed by atoms with Crippen LogP contribution in [0.5, 0.6) is 0 Å². The third-order valence-corrected chi connectivity index (χ3v) is 7.36. The molecule has 0 unspecified atom stereocenters. The number of aromatic nitrogens is 5. The predicted molar refractivity (Wildman–Crippen MR) is 96.7 cm³/mol. The van der Waals surface area contributed by atoms with Crippen molar-refractivity contribution in [2.45, 2.75) is 44.1 Å². The van der Waals surface area contributed by atoms with Gasteiger partial charge in [0.05, 0.1) is 11.9 Å². The van der Waals surface area contributed by atoms with Gasteiger partial charge in [0, 0.05) is 19.3 Å². The molecule has 0 N–H and O–H groups in total. The lowest BCUT2D eigenvalue weighted by Crippen LogP contribution is -2.38. The van der Waals surface area contributed by atoms with Crippen LogP contribution in [0.25, 0.3) is 5.65 Å². The molecule has 28 heavy (non-hydrogen) atoms. The second kappa shape index (κ2) is 6.89. The molecule has 1 fully saturated rings. The van der Waals surface area contributed by atoms with Crippen molar-refractivity contribution < 1.29 is 17.2 Å². The van der Waals surface area contributed by atoms with Crippen LogP contribution in [0.15, 0.2) is 29.7 Å². The number of hydrogen-bond acceptors (Lipinski definition) is 5. The molecule has 0 saturated carbocycles. The number of alkyl halides is 2. The Labute approximate surface area is 160 Å². The Morgan fingerprint density at radius 2 is 1.89 bits per heavy atom. The first-order valence-corrected chi connectivity index (χ1v) is 10.4. The highest BCUT2D eigenvalue weighted by atomic mass is 32.2. The van der Waals surface area contributed by atoms with E-state index in [4.69, 9.17) is 0 Å². The van der Waals surface area contributed by atoms with Gasteiger partial charge in [-0.2, -0.15) is 23.3 Å². The molecule has 0 spiro atoms. The van der Waals surface area contributed by atoms with Gasteiger partial charge in [-0.25, -0.2) is 22.6 Å². The molecule has 4 heterocycles. The van der Waals surface area contributed by atoms with Crippen LogP contribution in [0.3, 0.4) is 0 Å². The molecule has 0 radical (unpaired) electrons. The molecule has 3 aromatic rings. The monoisotopic (exact) mass is 410 g/mol. The number of piperidine rings is 1. The molecule has 1 saturated heterocycles. The fourth-order valence-corrected chi connectivity index (χ4v) is 5.42. The number of aryl methyl sites for hydroxylation is 1. The quantitative estimate of drug-likeness (QED) is 0.660. The van der Waals surface area contributed by atoms with E-state index in [1.165, 1.54) is 17.6 Å². The van der Waals surface area contributed by atoms with E-state index < -0.39 is 16.6 Å². The number of fused-ring (bicyclic) bond motifs is 1. The topological polar surface area (TPSA) is 85.4 Å². The van der Waals surface area contributed by atoms with E-state index in [0.717, 1.165) is 23.0 Å². The van der Waals surface area contributed by atoms with Crippen molar-refractivity contribution in [3.05, 3.63) is 41.6 Å². The first-order chi connectivity index (χ1) is 13.3. The van der Waals surface area contributed by atoms with Crippen molar-refractivity contribution in [2.24, 2.45) is 0 Å². The fourth-order valence-electron chi connectivity index (χ4n) is 3.80. The minimum atomic E-state index is -3.86. The van der Waals surface area contributed by atoms with Crippen molar-refractivity contribution in [1.82, 2.24) is 28.7 Å². The van der Waals surface area contributed by atoms with Crippen LogP contribution >= 0.6 is 0 Å². The van der Waals surface area contributed by atoms with Gasteiger partial charge < -0.3 is 0 Å². The summed E-state index contributed by atoms with van der Waals surface area (Å²) in [6, 6.07) is 1.97. The van der Waals surface area contributed by atoms with Gasteiger partial charge in [-0.1, -0.05) is 0 Å². The van der Waals surface area contributed by atoms with Crippen molar-refractivity contribution in [1.29, 1.82) is 0 Å². The standard InChI is InChI=1S/C17H20F2N6O2S/c1-11-7-16-20-10-22-24(16)9-14(11)13-3-5-23(6-4-13)28(26,27)15-8-21-25(12(15)2)17(18)19/h7-10,13,17H,3-6H2,1-2H3. The molecule has 0 amide bonds. The average molecular weight is 410 g/mol. The van der Waals surface area contributed by atoms with Crippen LogP contribution in [0.2, 0.25) is 0 Å². The molecule has 1 aliphatic rings. The zero-order valence-corrected chi connectivity index (χ0v) is 16.3. The Balaban J connectivity index is 1.54. The zero-order valence-electron chi connectivity index (χ0n) is 15.5. The number of halogens is 2. The lowest BCUT2D eigenvalue weighted by molar-refractivity contribution is 0.0541. The largest absolute Gasteiger partial charge is 0.333 e. The maximum Gasteiger partial charge on any atom is 0.333 e. The van der Waals surface area contributed by atoms with Crippen LogP contribution in [-0.4, -0.2) is 50.2 Å². The lowest BCUT2D eigenvalue weighted by Gasteiger charge is -2.31. The van der Waals surface area contributed by atoms with Crippen molar-refractivity contribution in [3.8, 4) is 0 Å². The van der Waals surface area contributed by atoms with Gasteiger partial charge in [0.2, 0.25) is 10.0 Å². The molecular formula is C17H20F2N6O2S. The molecular weight excluding hydrogens is 390 g/mol. The van der Waals surface area contributed by atoms with Crippen molar-refractivity contribution >= 4 is 15.7 Å². The van der Waals surface area contributed by atoms with Crippen LogP contribution in [0.1, 0.15) is 42.1 Å². The average Bonchev–Trinajstić information content (AvgIpc) is 3.27. The molecule has 8 nitrogen and oxygen atoms in total. The Hall–Kier alpha value is -2.40. The van der Waals surface area contributed by atoms with E-state index in [1.54, 1.807) is 4.52 Å². The smallest absolute Gasteiger partial charge is 0.221 e. The molecule has 11 heteroatoms. The molecule has 0 bridgehead atoms. The van der Waals surface area contributed by atoms with Gasteiger partial charge in [0.25, 0.3) is 0 Å². The summed E-state index contributed by atoms with van der Waals surface area (Å²) in [5.41, 5.74) is 2.94. The van der Waals surface area contributed by atoms with Crippen LogP contribution < -0.4 is 0 Å². The maximum atomic E-state index is 12.9. The number of sulfonamides is 1. The number of nitrogens with zero attached hydrogens (tertiary/aromatic N) is 6. The molecule has 0 aromatic carbocycles. The molecule has 0 atom stereocenters. The summed E-state index contributed by atoms with van der Waals surface area (Å²) >= 11 is 0. The Morgan fingerprint density at radius 1 is 1.18 bits per heavy atom. The van der Waals surface area contributed by atoms with Gasteiger partial charge in [-0.3, -0.25) is 0 Å².